The molecule has 0 aromatic heterocycles. The SMILES string of the molecule is O=C(CC1OCCc2ccccc21)C1CCCCS1(=O)=O. The van der Waals surface area contributed by atoms with E-state index in [0.29, 0.717) is 19.4 Å². The third kappa shape index (κ3) is 3.04. The van der Waals surface area contributed by atoms with Crippen molar-refractivity contribution in [2.75, 3.05) is 12.4 Å². The monoisotopic (exact) mass is 308 g/mol. The minimum Gasteiger partial charge on any atom is -0.373 e. The van der Waals surface area contributed by atoms with E-state index in [-0.39, 0.29) is 24.1 Å². The second-order valence-electron chi connectivity index (χ2n) is 5.83. The second kappa shape index (κ2) is 5.89. The minimum atomic E-state index is -3.26. The van der Waals surface area contributed by atoms with Crippen molar-refractivity contribution in [1.82, 2.24) is 0 Å². The first-order chi connectivity index (χ1) is 10.1. The molecule has 2 atom stereocenters. The molecule has 0 bridgehead atoms. The van der Waals surface area contributed by atoms with E-state index in [1.807, 2.05) is 24.3 Å². The molecule has 2 aliphatic rings. The van der Waals surface area contributed by atoms with Gasteiger partial charge in [-0.15, -0.1) is 0 Å². The molecule has 21 heavy (non-hydrogen) atoms. The highest BCUT2D eigenvalue weighted by atomic mass is 32.2. The smallest absolute Gasteiger partial charge is 0.160 e. The Balaban J connectivity index is 1.77. The summed E-state index contributed by atoms with van der Waals surface area (Å²) >= 11 is 0. The predicted molar refractivity (Wildman–Crippen MR) is 79.9 cm³/mol. The van der Waals surface area contributed by atoms with Crippen LogP contribution in [-0.4, -0.2) is 31.8 Å². The number of rotatable bonds is 3. The molecule has 0 N–H and O–H groups in total. The van der Waals surface area contributed by atoms with Crippen LogP contribution in [0.5, 0.6) is 0 Å². The topological polar surface area (TPSA) is 60.4 Å². The molecule has 114 valence electrons. The average Bonchev–Trinajstić information content (AvgIpc) is 2.47. The van der Waals surface area contributed by atoms with Crippen LogP contribution in [-0.2, 0) is 25.8 Å². The van der Waals surface area contributed by atoms with E-state index in [2.05, 4.69) is 0 Å². The summed E-state index contributed by atoms with van der Waals surface area (Å²) in [5, 5.41) is -0.816. The lowest BCUT2D eigenvalue weighted by molar-refractivity contribution is -0.122. The first-order valence-electron chi connectivity index (χ1n) is 7.51. The Morgan fingerprint density at radius 3 is 2.86 bits per heavy atom. The summed E-state index contributed by atoms with van der Waals surface area (Å²) in [6.07, 6.45) is 2.69. The molecular weight excluding hydrogens is 288 g/mol. The van der Waals surface area contributed by atoms with Crippen molar-refractivity contribution in [1.29, 1.82) is 0 Å². The summed E-state index contributed by atoms with van der Waals surface area (Å²) in [6.45, 7) is 0.590. The van der Waals surface area contributed by atoms with E-state index in [9.17, 15) is 13.2 Å². The van der Waals surface area contributed by atoms with Gasteiger partial charge < -0.3 is 4.74 Å². The predicted octanol–water partition coefficient (Wildman–Crippen LogP) is 2.23. The Hall–Kier alpha value is -1.20. The number of Topliss-reactive ketones (excluding diaryl/α,β-unsaturated/α-hetero) is 1. The lowest BCUT2D eigenvalue weighted by Crippen LogP contribution is -2.36. The molecule has 2 unspecified atom stereocenters. The summed E-state index contributed by atoms with van der Waals surface area (Å²) in [5.41, 5.74) is 2.23. The van der Waals surface area contributed by atoms with E-state index in [1.165, 1.54) is 5.56 Å². The molecule has 3 rings (SSSR count). The number of carbonyl (C=O) groups is 1. The number of ether oxygens (including phenoxy) is 1. The van der Waals surface area contributed by atoms with Crippen LogP contribution >= 0.6 is 0 Å². The number of hydrogen-bond donors (Lipinski definition) is 0. The zero-order valence-electron chi connectivity index (χ0n) is 12.0. The zero-order valence-corrected chi connectivity index (χ0v) is 12.8. The zero-order chi connectivity index (χ0) is 14.9. The maximum Gasteiger partial charge on any atom is 0.160 e. The van der Waals surface area contributed by atoms with Gasteiger partial charge in [0.1, 0.15) is 5.25 Å². The van der Waals surface area contributed by atoms with Crippen molar-refractivity contribution < 1.29 is 17.9 Å². The highest BCUT2D eigenvalue weighted by Crippen LogP contribution is 2.31. The number of ketones is 1. The minimum absolute atomic E-state index is 0.144. The number of fused-ring (bicyclic) bond motifs is 1. The third-order valence-corrected chi connectivity index (χ3v) is 6.64. The molecule has 2 aliphatic heterocycles. The summed E-state index contributed by atoms with van der Waals surface area (Å²) in [7, 11) is -3.26. The van der Waals surface area contributed by atoms with Crippen molar-refractivity contribution >= 4 is 15.6 Å². The van der Waals surface area contributed by atoms with Crippen LogP contribution in [0.15, 0.2) is 24.3 Å². The molecule has 0 spiro atoms. The molecule has 1 saturated heterocycles. The van der Waals surface area contributed by atoms with Crippen LogP contribution in [0.1, 0.15) is 42.9 Å². The largest absolute Gasteiger partial charge is 0.373 e. The highest BCUT2D eigenvalue weighted by Gasteiger charge is 2.36. The van der Waals surface area contributed by atoms with Crippen molar-refractivity contribution in [2.45, 2.75) is 43.5 Å². The summed E-state index contributed by atoms with van der Waals surface area (Å²) in [4.78, 5) is 12.4. The van der Waals surface area contributed by atoms with Crippen LogP contribution in [0, 0.1) is 0 Å². The molecule has 2 heterocycles. The quantitative estimate of drug-likeness (QED) is 0.859. The number of sulfone groups is 1. The van der Waals surface area contributed by atoms with Crippen LogP contribution < -0.4 is 0 Å². The van der Waals surface area contributed by atoms with Crippen LogP contribution in [0.25, 0.3) is 0 Å². The van der Waals surface area contributed by atoms with Gasteiger partial charge in [-0.05, 0) is 30.4 Å². The number of carbonyl (C=O) groups excluding carboxylic acids is 1. The molecule has 1 aromatic rings. The van der Waals surface area contributed by atoms with Gasteiger partial charge in [-0.2, -0.15) is 0 Å². The Morgan fingerprint density at radius 1 is 1.24 bits per heavy atom. The van der Waals surface area contributed by atoms with Gasteiger partial charge in [0, 0.05) is 6.42 Å². The van der Waals surface area contributed by atoms with Gasteiger partial charge in [0.05, 0.1) is 18.5 Å². The Kier molecular flexibility index (Phi) is 4.13. The maximum atomic E-state index is 12.4. The van der Waals surface area contributed by atoms with Crippen molar-refractivity contribution in [3.8, 4) is 0 Å². The third-order valence-electron chi connectivity index (χ3n) is 4.42. The average molecular weight is 308 g/mol. The molecule has 5 heteroatoms. The van der Waals surface area contributed by atoms with Gasteiger partial charge in [-0.3, -0.25) is 4.79 Å². The normalized spacial score (nSPS) is 27.8. The molecule has 0 saturated carbocycles. The summed E-state index contributed by atoms with van der Waals surface area (Å²) in [6, 6.07) is 7.94. The lowest BCUT2D eigenvalue weighted by Gasteiger charge is -2.28. The molecule has 0 radical (unpaired) electrons. The van der Waals surface area contributed by atoms with Crippen LogP contribution in [0.4, 0.5) is 0 Å². The number of hydrogen-bond acceptors (Lipinski definition) is 4. The highest BCUT2D eigenvalue weighted by molar-refractivity contribution is 7.92. The van der Waals surface area contributed by atoms with Gasteiger partial charge in [-0.25, -0.2) is 8.42 Å². The van der Waals surface area contributed by atoms with Gasteiger partial charge in [-0.1, -0.05) is 30.7 Å². The van der Waals surface area contributed by atoms with Gasteiger partial charge in [0.25, 0.3) is 0 Å². The number of benzene rings is 1. The Labute approximate surface area is 125 Å². The van der Waals surface area contributed by atoms with Crippen molar-refractivity contribution in [3.05, 3.63) is 35.4 Å². The first-order valence-corrected chi connectivity index (χ1v) is 9.23. The van der Waals surface area contributed by atoms with Crippen LogP contribution in [0.3, 0.4) is 0 Å². The van der Waals surface area contributed by atoms with Gasteiger partial charge in [0.2, 0.25) is 0 Å². The van der Waals surface area contributed by atoms with Crippen molar-refractivity contribution in [3.63, 3.8) is 0 Å². The molecular formula is C16H20O4S. The molecule has 4 nitrogen and oxygen atoms in total. The van der Waals surface area contributed by atoms with E-state index in [0.717, 1.165) is 18.4 Å². The van der Waals surface area contributed by atoms with E-state index in [1.54, 1.807) is 0 Å². The fraction of sp³-hybridized carbons (Fsp3) is 0.562. The van der Waals surface area contributed by atoms with Crippen molar-refractivity contribution in [2.24, 2.45) is 0 Å². The fourth-order valence-corrected chi connectivity index (χ4v) is 5.19. The van der Waals surface area contributed by atoms with E-state index >= 15 is 0 Å². The fourth-order valence-electron chi connectivity index (χ4n) is 3.28. The van der Waals surface area contributed by atoms with Crippen LogP contribution in [0.2, 0.25) is 0 Å². The summed E-state index contributed by atoms with van der Waals surface area (Å²) in [5.74, 6) is -0.0395. The lowest BCUT2D eigenvalue weighted by atomic mass is 9.93. The Morgan fingerprint density at radius 2 is 2.05 bits per heavy atom. The summed E-state index contributed by atoms with van der Waals surface area (Å²) < 4.78 is 29.8. The molecule has 1 fully saturated rings. The Bertz CT molecular complexity index is 635. The standard InChI is InChI=1S/C16H20O4S/c17-14(16-7-3-4-10-21(16,18)19)11-15-13-6-2-1-5-12(13)8-9-20-15/h1-2,5-6,15-16H,3-4,7-11H2. The maximum absolute atomic E-state index is 12.4. The molecule has 1 aromatic carbocycles. The van der Waals surface area contributed by atoms with E-state index < -0.39 is 15.1 Å². The van der Waals surface area contributed by atoms with E-state index in [4.69, 9.17) is 4.74 Å². The first kappa shape index (κ1) is 14.7. The molecule has 0 amide bonds. The van der Waals surface area contributed by atoms with Gasteiger partial charge in [0.15, 0.2) is 15.6 Å². The molecule has 0 aliphatic carbocycles. The van der Waals surface area contributed by atoms with Gasteiger partial charge >= 0.3 is 0 Å². The second-order valence-corrected chi connectivity index (χ2v) is 8.13.